The predicted molar refractivity (Wildman–Crippen MR) is 66.9 cm³/mol. The standard InChI is InChI=1S/C14H14N2O/c1-15-10-11-5-4-6-12(9-11)14(17)13-7-2-3-8-16-13/h2-9,15H,10H2,1H3. The van der Waals surface area contributed by atoms with Gasteiger partial charge in [-0.1, -0.05) is 24.3 Å². The van der Waals surface area contributed by atoms with E-state index in [4.69, 9.17) is 0 Å². The number of nitrogens with one attached hydrogen (secondary N) is 1. The zero-order valence-electron chi connectivity index (χ0n) is 9.68. The second-order valence-electron chi connectivity index (χ2n) is 3.77. The van der Waals surface area contributed by atoms with E-state index in [0.29, 0.717) is 11.3 Å². The minimum atomic E-state index is -0.0384. The molecule has 86 valence electrons. The number of aromatic nitrogens is 1. The highest BCUT2D eigenvalue weighted by molar-refractivity contribution is 6.07. The molecule has 0 spiro atoms. The summed E-state index contributed by atoms with van der Waals surface area (Å²) in [6.07, 6.45) is 1.63. The van der Waals surface area contributed by atoms with Crippen LogP contribution >= 0.6 is 0 Å². The van der Waals surface area contributed by atoms with Crippen molar-refractivity contribution in [2.24, 2.45) is 0 Å². The molecule has 1 aromatic carbocycles. The molecule has 1 N–H and O–H groups in total. The first-order valence-electron chi connectivity index (χ1n) is 5.50. The molecule has 0 unspecified atom stereocenters. The fraction of sp³-hybridized carbons (Fsp3) is 0.143. The van der Waals surface area contributed by atoms with Crippen molar-refractivity contribution in [2.45, 2.75) is 6.54 Å². The van der Waals surface area contributed by atoms with E-state index in [1.165, 1.54) is 0 Å². The van der Waals surface area contributed by atoms with Crippen LogP contribution in [-0.2, 0) is 6.54 Å². The highest BCUT2D eigenvalue weighted by atomic mass is 16.1. The first kappa shape index (κ1) is 11.5. The highest BCUT2D eigenvalue weighted by Gasteiger charge is 2.09. The van der Waals surface area contributed by atoms with E-state index >= 15 is 0 Å². The first-order chi connectivity index (χ1) is 8.31. The van der Waals surface area contributed by atoms with Crippen LogP contribution in [0.4, 0.5) is 0 Å². The molecule has 2 rings (SSSR count). The van der Waals surface area contributed by atoms with Gasteiger partial charge in [0.05, 0.1) is 0 Å². The third-order valence-corrected chi connectivity index (χ3v) is 2.47. The van der Waals surface area contributed by atoms with Crippen LogP contribution in [0, 0.1) is 0 Å². The quantitative estimate of drug-likeness (QED) is 0.811. The Morgan fingerprint density at radius 2 is 2.12 bits per heavy atom. The van der Waals surface area contributed by atoms with Crippen molar-refractivity contribution in [3.63, 3.8) is 0 Å². The molecular formula is C14H14N2O. The van der Waals surface area contributed by atoms with Crippen LogP contribution in [0.25, 0.3) is 0 Å². The second kappa shape index (κ2) is 5.37. The monoisotopic (exact) mass is 226 g/mol. The Labute approximate surface area is 101 Å². The number of ketones is 1. The molecule has 0 bridgehead atoms. The number of rotatable bonds is 4. The molecule has 1 heterocycles. The summed E-state index contributed by atoms with van der Waals surface area (Å²) in [6, 6.07) is 12.9. The smallest absolute Gasteiger partial charge is 0.211 e. The van der Waals surface area contributed by atoms with E-state index in [-0.39, 0.29) is 5.78 Å². The maximum Gasteiger partial charge on any atom is 0.211 e. The molecular weight excluding hydrogens is 212 g/mol. The fourth-order valence-corrected chi connectivity index (χ4v) is 1.67. The summed E-state index contributed by atoms with van der Waals surface area (Å²) in [7, 11) is 1.88. The van der Waals surface area contributed by atoms with Crippen LogP contribution in [-0.4, -0.2) is 17.8 Å². The molecule has 2 aromatic rings. The number of nitrogens with zero attached hydrogens (tertiary/aromatic N) is 1. The third kappa shape index (κ3) is 2.77. The number of carbonyl (C=O) groups excluding carboxylic acids is 1. The summed E-state index contributed by atoms with van der Waals surface area (Å²) < 4.78 is 0. The first-order valence-corrected chi connectivity index (χ1v) is 5.50. The normalized spacial score (nSPS) is 10.2. The van der Waals surface area contributed by atoms with Gasteiger partial charge in [-0.2, -0.15) is 0 Å². The Hall–Kier alpha value is -2.00. The molecule has 0 aliphatic heterocycles. The molecule has 3 heteroatoms. The molecule has 0 aliphatic carbocycles. The van der Waals surface area contributed by atoms with Crippen molar-refractivity contribution < 1.29 is 4.79 Å². The number of carbonyl (C=O) groups is 1. The number of hydrogen-bond acceptors (Lipinski definition) is 3. The highest BCUT2D eigenvalue weighted by Crippen LogP contribution is 2.10. The summed E-state index contributed by atoms with van der Waals surface area (Å²) in [5.74, 6) is -0.0384. The summed E-state index contributed by atoms with van der Waals surface area (Å²) >= 11 is 0. The van der Waals surface area contributed by atoms with Gasteiger partial charge in [-0.15, -0.1) is 0 Å². The SMILES string of the molecule is CNCc1cccc(C(=O)c2ccccn2)c1. The Morgan fingerprint density at radius 1 is 1.24 bits per heavy atom. The van der Waals surface area contributed by atoms with Gasteiger partial charge in [-0.05, 0) is 30.8 Å². The van der Waals surface area contributed by atoms with Crippen LogP contribution < -0.4 is 5.32 Å². The maximum atomic E-state index is 12.1. The molecule has 0 saturated heterocycles. The summed E-state index contributed by atoms with van der Waals surface area (Å²) in [5.41, 5.74) is 2.25. The zero-order chi connectivity index (χ0) is 12.1. The van der Waals surface area contributed by atoms with Crippen molar-refractivity contribution in [3.05, 3.63) is 65.5 Å². The van der Waals surface area contributed by atoms with Gasteiger partial charge in [0.1, 0.15) is 5.69 Å². The van der Waals surface area contributed by atoms with E-state index in [9.17, 15) is 4.79 Å². The Balaban J connectivity index is 2.28. The van der Waals surface area contributed by atoms with E-state index < -0.39 is 0 Å². The topological polar surface area (TPSA) is 42.0 Å². The maximum absolute atomic E-state index is 12.1. The Morgan fingerprint density at radius 3 is 2.82 bits per heavy atom. The van der Waals surface area contributed by atoms with Gasteiger partial charge < -0.3 is 5.32 Å². The van der Waals surface area contributed by atoms with Crippen molar-refractivity contribution in [2.75, 3.05) is 7.05 Å². The average molecular weight is 226 g/mol. The van der Waals surface area contributed by atoms with Crippen molar-refractivity contribution in [3.8, 4) is 0 Å². The molecule has 1 aromatic heterocycles. The van der Waals surface area contributed by atoms with Crippen molar-refractivity contribution in [1.82, 2.24) is 10.3 Å². The second-order valence-corrected chi connectivity index (χ2v) is 3.77. The van der Waals surface area contributed by atoms with Crippen LogP contribution in [0.5, 0.6) is 0 Å². The lowest BCUT2D eigenvalue weighted by Crippen LogP contribution is -2.08. The molecule has 3 nitrogen and oxygen atoms in total. The van der Waals surface area contributed by atoms with E-state index in [1.54, 1.807) is 18.3 Å². The lowest BCUT2D eigenvalue weighted by molar-refractivity contribution is 0.103. The van der Waals surface area contributed by atoms with Gasteiger partial charge in [-0.3, -0.25) is 9.78 Å². The molecule has 0 atom stereocenters. The molecule has 0 saturated carbocycles. The van der Waals surface area contributed by atoms with Crippen molar-refractivity contribution in [1.29, 1.82) is 0 Å². The predicted octanol–water partition coefficient (Wildman–Crippen LogP) is 2.03. The minimum Gasteiger partial charge on any atom is -0.316 e. The third-order valence-electron chi connectivity index (χ3n) is 2.47. The summed E-state index contributed by atoms with van der Waals surface area (Å²) in [5, 5.41) is 3.06. The van der Waals surface area contributed by atoms with Gasteiger partial charge in [0.2, 0.25) is 5.78 Å². The van der Waals surface area contributed by atoms with Gasteiger partial charge in [0.15, 0.2) is 0 Å². The molecule has 0 fully saturated rings. The number of benzene rings is 1. The lowest BCUT2D eigenvalue weighted by Gasteiger charge is -2.03. The molecule has 17 heavy (non-hydrogen) atoms. The van der Waals surface area contributed by atoms with E-state index in [2.05, 4.69) is 10.3 Å². The van der Waals surface area contributed by atoms with Gasteiger partial charge in [0, 0.05) is 18.3 Å². The Bertz CT molecular complexity index is 509. The molecule has 0 aliphatic rings. The average Bonchev–Trinajstić information content (AvgIpc) is 2.40. The van der Waals surface area contributed by atoms with Gasteiger partial charge in [0.25, 0.3) is 0 Å². The van der Waals surface area contributed by atoms with E-state index in [1.807, 2.05) is 37.4 Å². The minimum absolute atomic E-state index is 0.0384. The zero-order valence-corrected chi connectivity index (χ0v) is 9.68. The van der Waals surface area contributed by atoms with E-state index in [0.717, 1.165) is 12.1 Å². The van der Waals surface area contributed by atoms with Crippen LogP contribution in [0.1, 0.15) is 21.6 Å². The largest absolute Gasteiger partial charge is 0.316 e. The lowest BCUT2D eigenvalue weighted by atomic mass is 10.0. The van der Waals surface area contributed by atoms with Gasteiger partial charge >= 0.3 is 0 Å². The van der Waals surface area contributed by atoms with Gasteiger partial charge in [-0.25, -0.2) is 0 Å². The van der Waals surface area contributed by atoms with Crippen molar-refractivity contribution >= 4 is 5.78 Å². The summed E-state index contributed by atoms with van der Waals surface area (Å²) in [6.45, 7) is 0.753. The number of hydrogen-bond donors (Lipinski definition) is 1. The van der Waals surface area contributed by atoms with Crippen LogP contribution in [0.15, 0.2) is 48.7 Å². The summed E-state index contributed by atoms with van der Waals surface area (Å²) in [4.78, 5) is 16.2. The van der Waals surface area contributed by atoms with Crippen LogP contribution in [0.2, 0.25) is 0 Å². The molecule has 0 radical (unpaired) electrons. The van der Waals surface area contributed by atoms with Crippen LogP contribution in [0.3, 0.4) is 0 Å². The number of pyridine rings is 1. The Kier molecular flexibility index (Phi) is 3.62. The fourth-order valence-electron chi connectivity index (χ4n) is 1.67. The molecule has 0 amide bonds.